The van der Waals surface area contributed by atoms with Gasteiger partial charge in [0.1, 0.15) is 0 Å². The van der Waals surface area contributed by atoms with Crippen LogP contribution < -0.4 is 0 Å². The molecule has 0 atom stereocenters. The molecule has 0 aliphatic heterocycles. The maximum atomic E-state index is 2.52. The third kappa shape index (κ3) is 9.27. The fourth-order valence-corrected chi connectivity index (χ4v) is 6.38. The van der Waals surface area contributed by atoms with Gasteiger partial charge in [0.15, 0.2) is 0 Å². The van der Waals surface area contributed by atoms with Gasteiger partial charge in [0, 0.05) is 5.92 Å². The van der Waals surface area contributed by atoms with E-state index in [0.717, 1.165) is 0 Å². The molecule has 2 aromatic carbocycles. The Bertz CT molecular complexity index is 918. The molecule has 0 aromatic heterocycles. The minimum Gasteiger partial charge on any atom is -0.0625 e. The van der Waals surface area contributed by atoms with Gasteiger partial charge in [-0.05, 0) is 119 Å². The molecule has 0 aliphatic carbocycles. The smallest absolute Gasteiger partial charge is 0.00666 e. The summed E-state index contributed by atoms with van der Waals surface area (Å²) >= 11 is 0. The highest BCUT2D eigenvalue weighted by atomic mass is 14.3. The Morgan fingerprint density at radius 2 is 0.605 bits per heavy atom. The monoisotopic (exact) mass is 518 g/mol. The first-order valence-corrected chi connectivity index (χ1v) is 16.0. The van der Waals surface area contributed by atoms with Gasteiger partial charge < -0.3 is 0 Å². The SMILES string of the molecule is CC(C)Cc1ccc(C(C)c2ccc(CC(C)C)c(CC(C)C)c2CC(C)C)c(CC(C)C)c1CC(C)C. The zero-order valence-electron chi connectivity index (χ0n) is 27.6. The van der Waals surface area contributed by atoms with E-state index in [9.17, 15) is 0 Å². The molecule has 0 aliphatic rings. The lowest BCUT2D eigenvalue weighted by Crippen LogP contribution is -2.16. The van der Waals surface area contributed by atoms with Crippen LogP contribution in [0.4, 0.5) is 0 Å². The summed E-state index contributed by atoms with van der Waals surface area (Å²) in [5, 5.41) is 0. The standard InChI is InChI=1S/C38H62/c1-24(2)18-31-14-16-33(37(22-28(9)10)35(31)20-26(5)6)30(13)34-17-15-32(19-25(3)4)36(21-27(7)8)38(34)23-29(11)12/h14-17,24-30H,18-23H2,1-13H3. The molecule has 0 fully saturated rings. The maximum absolute atomic E-state index is 2.52. The lowest BCUT2D eigenvalue weighted by molar-refractivity contribution is 0.587. The van der Waals surface area contributed by atoms with Gasteiger partial charge >= 0.3 is 0 Å². The van der Waals surface area contributed by atoms with Crippen molar-refractivity contribution in [1.29, 1.82) is 0 Å². The second-order valence-corrected chi connectivity index (χ2v) is 14.9. The van der Waals surface area contributed by atoms with E-state index in [-0.39, 0.29) is 0 Å². The Hall–Kier alpha value is -1.56. The molecule has 0 amide bonds. The van der Waals surface area contributed by atoms with Crippen LogP contribution in [0.2, 0.25) is 0 Å². The summed E-state index contributed by atoms with van der Waals surface area (Å²) in [6.45, 7) is 31.1. The molecular weight excluding hydrogens is 456 g/mol. The molecule has 0 bridgehead atoms. The Morgan fingerprint density at radius 3 is 0.868 bits per heavy atom. The molecule has 214 valence electrons. The Morgan fingerprint density at radius 1 is 0.342 bits per heavy atom. The third-order valence-corrected chi connectivity index (χ3v) is 7.77. The van der Waals surface area contributed by atoms with Crippen LogP contribution >= 0.6 is 0 Å². The summed E-state index contributed by atoms with van der Waals surface area (Å²) in [7, 11) is 0. The van der Waals surface area contributed by atoms with Crippen molar-refractivity contribution in [3.05, 3.63) is 68.8 Å². The van der Waals surface area contributed by atoms with Gasteiger partial charge in [0.2, 0.25) is 0 Å². The predicted octanol–water partition coefficient (Wildman–Crippen LogP) is 11.0. The molecule has 0 saturated carbocycles. The number of rotatable bonds is 14. The van der Waals surface area contributed by atoms with Crippen LogP contribution in [-0.4, -0.2) is 0 Å². The van der Waals surface area contributed by atoms with Crippen molar-refractivity contribution in [1.82, 2.24) is 0 Å². The minimum absolute atomic E-state index is 0.413. The van der Waals surface area contributed by atoms with Crippen molar-refractivity contribution < 1.29 is 0 Å². The Labute approximate surface area is 238 Å². The van der Waals surface area contributed by atoms with E-state index in [1.807, 2.05) is 0 Å². The molecule has 0 unspecified atom stereocenters. The molecule has 2 aromatic rings. The van der Waals surface area contributed by atoms with E-state index in [4.69, 9.17) is 0 Å². The summed E-state index contributed by atoms with van der Waals surface area (Å²) in [6, 6.07) is 10.0. The first-order valence-electron chi connectivity index (χ1n) is 16.0. The Balaban J connectivity index is 2.82. The van der Waals surface area contributed by atoms with Crippen LogP contribution in [0.1, 0.15) is 140 Å². The van der Waals surface area contributed by atoms with E-state index in [1.54, 1.807) is 44.5 Å². The van der Waals surface area contributed by atoms with Crippen molar-refractivity contribution in [3.63, 3.8) is 0 Å². The second kappa shape index (κ2) is 14.7. The van der Waals surface area contributed by atoms with Crippen molar-refractivity contribution in [3.8, 4) is 0 Å². The zero-order chi connectivity index (χ0) is 28.7. The molecule has 0 radical (unpaired) electrons. The summed E-state index contributed by atoms with van der Waals surface area (Å²) in [5.74, 6) is 4.42. The van der Waals surface area contributed by atoms with Gasteiger partial charge in [0.25, 0.3) is 0 Å². The number of benzene rings is 2. The zero-order valence-corrected chi connectivity index (χ0v) is 27.6. The van der Waals surface area contributed by atoms with Crippen LogP contribution in [0, 0.1) is 35.5 Å². The van der Waals surface area contributed by atoms with Crippen LogP contribution in [-0.2, 0) is 38.5 Å². The van der Waals surface area contributed by atoms with E-state index in [1.165, 1.54) is 38.5 Å². The van der Waals surface area contributed by atoms with Gasteiger partial charge in [-0.2, -0.15) is 0 Å². The quantitative estimate of drug-likeness (QED) is 0.233. The summed E-state index contributed by atoms with van der Waals surface area (Å²) in [6.07, 6.45) is 7.10. The Kier molecular flexibility index (Phi) is 12.6. The van der Waals surface area contributed by atoms with Gasteiger partial charge in [-0.1, -0.05) is 114 Å². The van der Waals surface area contributed by atoms with Crippen LogP contribution in [0.3, 0.4) is 0 Å². The van der Waals surface area contributed by atoms with E-state index in [2.05, 4.69) is 114 Å². The van der Waals surface area contributed by atoms with Gasteiger partial charge in [0.05, 0.1) is 0 Å². The molecular formula is C38H62. The molecule has 0 heteroatoms. The average molecular weight is 519 g/mol. The molecule has 0 spiro atoms. The van der Waals surface area contributed by atoms with E-state index in [0.29, 0.717) is 41.4 Å². The summed E-state index contributed by atoms with van der Waals surface area (Å²) < 4.78 is 0. The highest BCUT2D eigenvalue weighted by Gasteiger charge is 2.24. The van der Waals surface area contributed by atoms with Gasteiger partial charge in [-0.3, -0.25) is 0 Å². The minimum atomic E-state index is 0.413. The maximum Gasteiger partial charge on any atom is 0.00666 e. The summed E-state index contributed by atoms with van der Waals surface area (Å²) in [4.78, 5) is 0. The molecule has 0 heterocycles. The van der Waals surface area contributed by atoms with Crippen molar-refractivity contribution >= 4 is 0 Å². The highest BCUT2D eigenvalue weighted by molar-refractivity contribution is 5.51. The van der Waals surface area contributed by atoms with E-state index >= 15 is 0 Å². The second-order valence-electron chi connectivity index (χ2n) is 14.9. The van der Waals surface area contributed by atoms with Crippen LogP contribution in [0.5, 0.6) is 0 Å². The fourth-order valence-electron chi connectivity index (χ4n) is 6.38. The average Bonchev–Trinajstić information content (AvgIpc) is 2.76. The van der Waals surface area contributed by atoms with Crippen molar-refractivity contribution in [2.45, 2.75) is 134 Å². The highest BCUT2D eigenvalue weighted by Crippen LogP contribution is 2.38. The molecule has 0 N–H and O–H groups in total. The molecule has 0 nitrogen and oxygen atoms in total. The number of hydrogen-bond acceptors (Lipinski definition) is 0. The normalized spacial score (nSPS) is 12.5. The van der Waals surface area contributed by atoms with Gasteiger partial charge in [-0.25, -0.2) is 0 Å². The first kappa shape index (κ1) is 32.7. The molecule has 2 rings (SSSR count). The van der Waals surface area contributed by atoms with Crippen LogP contribution in [0.25, 0.3) is 0 Å². The van der Waals surface area contributed by atoms with Crippen molar-refractivity contribution in [2.75, 3.05) is 0 Å². The van der Waals surface area contributed by atoms with Crippen molar-refractivity contribution in [2.24, 2.45) is 35.5 Å². The summed E-state index contributed by atoms with van der Waals surface area (Å²) in [5.41, 5.74) is 13.0. The first-order chi connectivity index (χ1) is 17.7. The third-order valence-electron chi connectivity index (χ3n) is 7.77. The largest absolute Gasteiger partial charge is 0.0625 e. The lowest BCUT2D eigenvalue weighted by Gasteiger charge is -2.29. The van der Waals surface area contributed by atoms with Gasteiger partial charge in [-0.15, -0.1) is 0 Å². The molecule has 38 heavy (non-hydrogen) atoms. The predicted molar refractivity (Wildman–Crippen MR) is 172 cm³/mol. The molecule has 0 saturated heterocycles. The topological polar surface area (TPSA) is 0 Å². The van der Waals surface area contributed by atoms with E-state index < -0.39 is 0 Å². The number of hydrogen-bond donors (Lipinski definition) is 0. The fraction of sp³-hybridized carbons (Fsp3) is 0.684. The van der Waals surface area contributed by atoms with Crippen LogP contribution in [0.15, 0.2) is 24.3 Å². The lowest BCUT2D eigenvalue weighted by atomic mass is 9.76.